The molecule has 0 atom stereocenters. The normalized spacial score (nSPS) is 10.7. The minimum absolute atomic E-state index is 0.243. The largest absolute Gasteiger partial charge is 0.457 e. The third-order valence-electron chi connectivity index (χ3n) is 4.86. The van der Waals surface area contributed by atoms with Crippen molar-refractivity contribution in [1.82, 2.24) is 15.0 Å². The number of benzene rings is 3. The highest BCUT2D eigenvalue weighted by Gasteiger charge is 2.17. The maximum atomic E-state index is 13.1. The second kappa shape index (κ2) is 7.61. The molecule has 0 aliphatic heterocycles. The van der Waals surface area contributed by atoms with E-state index in [9.17, 15) is 10.1 Å². The summed E-state index contributed by atoms with van der Waals surface area (Å²) in [5.74, 6) is 0.997. The van der Waals surface area contributed by atoms with Gasteiger partial charge in [-0.15, -0.1) is 0 Å². The zero-order valence-corrected chi connectivity index (χ0v) is 16.2. The van der Waals surface area contributed by atoms with Crippen LogP contribution in [0, 0.1) is 11.3 Å². The number of ether oxygens (including phenoxy) is 1. The number of imidazole rings is 1. The van der Waals surface area contributed by atoms with Crippen LogP contribution >= 0.6 is 0 Å². The Hall–Kier alpha value is -4.70. The van der Waals surface area contributed by atoms with Crippen LogP contribution in [0.25, 0.3) is 21.9 Å². The zero-order valence-electron chi connectivity index (χ0n) is 16.2. The monoisotopic (exact) mass is 405 g/mol. The SMILES string of the molecule is N#Cc1c[nH]c2cc3ncnc3cc2c1C(=O)Nc1ccc(Oc2ccccc2)cc1. The number of rotatable bonds is 4. The summed E-state index contributed by atoms with van der Waals surface area (Å²) in [6.07, 6.45) is 2.99. The number of hydrogen-bond acceptors (Lipinski definition) is 5. The van der Waals surface area contributed by atoms with E-state index in [1.54, 1.807) is 30.3 Å². The van der Waals surface area contributed by atoms with Gasteiger partial charge in [-0.25, -0.2) is 9.97 Å². The van der Waals surface area contributed by atoms with Crippen LogP contribution in [-0.2, 0) is 0 Å². The molecule has 5 aromatic rings. The first-order valence-corrected chi connectivity index (χ1v) is 9.51. The van der Waals surface area contributed by atoms with E-state index >= 15 is 0 Å². The number of aromatic nitrogens is 3. The van der Waals surface area contributed by atoms with Gasteiger partial charge in [0.15, 0.2) is 0 Å². The molecule has 2 aromatic heterocycles. The van der Waals surface area contributed by atoms with Crippen LogP contribution in [0.15, 0.2) is 79.3 Å². The minimum atomic E-state index is -0.383. The van der Waals surface area contributed by atoms with E-state index in [0.717, 1.165) is 5.75 Å². The third kappa shape index (κ3) is 3.54. The standard InChI is InChI=1S/C24H15N5O2/c25-12-15-13-26-20-11-22-21(27-14-28-22)10-19(20)23(15)24(30)29-16-6-8-18(9-7-16)31-17-4-2-1-3-5-17/h1-11,13-14,26H,(H,29,30). The molecule has 0 spiro atoms. The van der Waals surface area contributed by atoms with Crippen molar-refractivity contribution in [2.45, 2.75) is 0 Å². The van der Waals surface area contributed by atoms with E-state index in [4.69, 9.17) is 4.74 Å². The van der Waals surface area contributed by atoms with Crippen LogP contribution in [-0.4, -0.2) is 20.9 Å². The lowest BCUT2D eigenvalue weighted by Gasteiger charge is -2.11. The molecule has 0 unspecified atom stereocenters. The Labute approximate surface area is 177 Å². The number of nitrogens with one attached hydrogen (secondary N) is 2. The van der Waals surface area contributed by atoms with Crippen molar-refractivity contribution in [3.63, 3.8) is 0 Å². The van der Waals surface area contributed by atoms with Crippen LogP contribution in [0.2, 0.25) is 0 Å². The molecule has 0 aliphatic carbocycles. The number of hydrogen-bond donors (Lipinski definition) is 2. The summed E-state index contributed by atoms with van der Waals surface area (Å²) in [4.78, 5) is 24.6. The summed E-state index contributed by atoms with van der Waals surface area (Å²) >= 11 is 0. The molecule has 0 fully saturated rings. The number of nitrogens with zero attached hydrogens (tertiary/aromatic N) is 3. The Bertz CT molecular complexity index is 1450. The summed E-state index contributed by atoms with van der Waals surface area (Å²) < 4.78 is 5.78. The molecule has 5 rings (SSSR count). The van der Waals surface area contributed by atoms with E-state index in [-0.39, 0.29) is 17.0 Å². The number of amides is 1. The highest BCUT2D eigenvalue weighted by atomic mass is 16.5. The fourth-order valence-electron chi connectivity index (χ4n) is 3.39. The molecule has 7 heteroatoms. The van der Waals surface area contributed by atoms with Gasteiger partial charge in [-0.05, 0) is 48.5 Å². The molecular formula is C24H15N5O2. The van der Waals surface area contributed by atoms with Crippen LogP contribution < -0.4 is 10.1 Å². The Morgan fingerprint density at radius 2 is 1.68 bits per heavy atom. The molecule has 2 N–H and O–H groups in total. The lowest BCUT2D eigenvalue weighted by Crippen LogP contribution is -2.14. The highest BCUT2D eigenvalue weighted by Crippen LogP contribution is 2.27. The van der Waals surface area contributed by atoms with Crippen molar-refractivity contribution < 1.29 is 9.53 Å². The Kier molecular flexibility index (Phi) is 4.50. The number of fused-ring (bicyclic) bond motifs is 2. The zero-order chi connectivity index (χ0) is 21.2. The van der Waals surface area contributed by atoms with Gasteiger partial charge in [-0.1, -0.05) is 18.2 Å². The van der Waals surface area contributed by atoms with Gasteiger partial charge in [-0.3, -0.25) is 4.79 Å². The van der Waals surface area contributed by atoms with Crippen molar-refractivity contribution in [2.75, 3.05) is 5.32 Å². The Balaban J connectivity index is 1.45. The molecule has 0 saturated heterocycles. The topological polar surface area (TPSA) is 104 Å². The number of H-pyrrole nitrogens is 1. The molecule has 148 valence electrons. The molecule has 0 bridgehead atoms. The van der Waals surface area contributed by atoms with Gasteiger partial charge in [0.25, 0.3) is 5.91 Å². The van der Waals surface area contributed by atoms with Crippen molar-refractivity contribution in [3.05, 3.63) is 90.4 Å². The van der Waals surface area contributed by atoms with Crippen LogP contribution in [0.1, 0.15) is 15.9 Å². The summed E-state index contributed by atoms with van der Waals surface area (Å²) in [6.45, 7) is 0. The summed E-state index contributed by atoms with van der Waals surface area (Å²) in [5, 5.41) is 13.0. The first-order chi connectivity index (χ1) is 15.2. The first-order valence-electron chi connectivity index (χ1n) is 9.51. The second-order valence-electron chi connectivity index (χ2n) is 6.84. The fourth-order valence-corrected chi connectivity index (χ4v) is 3.39. The van der Waals surface area contributed by atoms with Crippen LogP contribution in [0.5, 0.6) is 11.5 Å². The van der Waals surface area contributed by atoms with Crippen molar-refractivity contribution >= 4 is 33.5 Å². The quantitative estimate of drug-likeness (QED) is 0.437. The highest BCUT2D eigenvalue weighted by molar-refractivity contribution is 6.15. The second-order valence-corrected chi connectivity index (χ2v) is 6.84. The molecule has 0 radical (unpaired) electrons. The van der Waals surface area contributed by atoms with Crippen molar-refractivity contribution in [1.29, 1.82) is 5.26 Å². The average Bonchev–Trinajstić information content (AvgIpc) is 3.26. The molecule has 31 heavy (non-hydrogen) atoms. The van der Waals surface area contributed by atoms with Crippen LogP contribution in [0.3, 0.4) is 0 Å². The third-order valence-corrected chi connectivity index (χ3v) is 4.86. The number of aromatic amines is 1. The summed E-state index contributed by atoms with van der Waals surface area (Å²) in [7, 11) is 0. The number of carbonyl (C=O) groups is 1. The minimum Gasteiger partial charge on any atom is -0.457 e. The maximum absolute atomic E-state index is 13.1. The van der Waals surface area contributed by atoms with E-state index < -0.39 is 0 Å². The number of anilines is 1. The Morgan fingerprint density at radius 1 is 0.968 bits per heavy atom. The average molecular weight is 405 g/mol. The predicted molar refractivity (Wildman–Crippen MR) is 117 cm³/mol. The van der Waals surface area contributed by atoms with E-state index in [2.05, 4.69) is 26.3 Å². The molecule has 0 saturated carbocycles. The van der Waals surface area contributed by atoms with Gasteiger partial charge < -0.3 is 15.0 Å². The molecule has 2 heterocycles. The first kappa shape index (κ1) is 18.3. The molecule has 0 aliphatic rings. The van der Waals surface area contributed by atoms with Gasteiger partial charge in [-0.2, -0.15) is 5.26 Å². The fraction of sp³-hybridized carbons (Fsp3) is 0. The molecule has 3 aromatic carbocycles. The van der Waals surface area contributed by atoms with E-state index in [0.29, 0.717) is 33.4 Å². The lowest BCUT2D eigenvalue weighted by atomic mass is 10.0. The Morgan fingerprint density at radius 3 is 2.42 bits per heavy atom. The molecule has 1 amide bonds. The van der Waals surface area contributed by atoms with E-state index in [1.807, 2.05) is 36.4 Å². The van der Waals surface area contributed by atoms with Gasteiger partial charge in [0.1, 0.15) is 23.9 Å². The number of pyridine rings is 1. The van der Waals surface area contributed by atoms with Crippen molar-refractivity contribution in [3.8, 4) is 17.6 Å². The smallest absolute Gasteiger partial charge is 0.257 e. The van der Waals surface area contributed by atoms with Crippen LogP contribution in [0.4, 0.5) is 5.69 Å². The van der Waals surface area contributed by atoms with E-state index in [1.165, 1.54) is 12.5 Å². The van der Waals surface area contributed by atoms with Gasteiger partial charge in [0.2, 0.25) is 0 Å². The summed E-state index contributed by atoms with van der Waals surface area (Å²) in [6, 6.07) is 22.1. The number of nitriles is 1. The summed E-state index contributed by atoms with van der Waals surface area (Å²) in [5.41, 5.74) is 3.19. The van der Waals surface area contributed by atoms with Gasteiger partial charge >= 0.3 is 0 Å². The van der Waals surface area contributed by atoms with Gasteiger partial charge in [0, 0.05) is 22.8 Å². The molecule has 7 nitrogen and oxygen atoms in total. The van der Waals surface area contributed by atoms with Crippen molar-refractivity contribution in [2.24, 2.45) is 0 Å². The predicted octanol–water partition coefficient (Wildman–Crippen LogP) is 5.03. The maximum Gasteiger partial charge on any atom is 0.257 e. The molecular weight excluding hydrogens is 390 g/mol. The van der Waals surface area contributed by atoms with Gasteiger partial charge in [0.05, 0.1) is 22.2 Å². The lowest BCUT2D eigenvalue weighted by molar-refractivity contribution is 0.102. The number of para-hydroxylation sites is 1. The number of carbonyl (C=O) groups excluding carboxylic acids is 1.